The maximum absolute atomic E-state index is 13.0. The van der Waals surface area contributed by atoms with Crippen LogP contribution in [0.25, 0.3) is 0 Å². The number of rotatable bonds is 11. The molecule has 0 saturated carbocycles. The third-order valence-corrected chi connectivity index (χ3v) is 8.63. The van der Waals surface area contributed by atoms with Gasteiger partial charge < -0.3 is 19.3 Å². The average Bonchev–Trinajstić information content (AvgIpc) is 3.03. The van der Waals surface area contributed by atoms with Gasteiger partial charge in [0.15, 0.2) is 0 Å². The monoisotopic (exact) mass is 590 g/mol. The first kappa shape index (κ1) is 31.6. The van der Waals surface area contributed by atoms with Crippen LogP contribution in [0.2, 0.25) is 0 Å². The van der Waals surface area contributed by atoms with Gasteiger partial charge in [0.2, 0.25) is 6.41 Å². The highest BCUT2D eigenvalue weighted by Gasteiger charge is 2.44. The number of hydrogen-bond donors (Lipinski definition) is 0. The van der Waals surface area contributed by atoms with Crippen molar-refractivity contribution >= 4 is 29.7 Å². The van der Waals surface area contributed by atoms with Gasteiger partial charge in [-0.25, -0.2) is 0 Å². The first-order valence-corrected chi connectivity index (χ1v) is 14.3. The largest absolute Gasteiger partial charge is 0.468 e. The van der Waals surface area contributed by atoms with Gasteiger partial charge in [-0.15, -0.1) is 0 Å². The zero-order valence-electron chi connectivity index (χ0n) is 25.0. The molecule has 2 atom stereocenters. The Morgan fingerprint density at radius 2 is 1.72 bits per heavy atom. The molecule has 0 radical (unpaired) electrons. The lowest BCUT2D eigenvalue weighted by molar-refractivity contribution is -0.384. The summed E-state index contributed by atoms with van der Waals surface area (Å²) in [5, 5.41) is 11.3. The Morgan fingerprint density at radius 3 is 2.28 bits per heavy atom. The lowest BCUT2D eigenvalue weighted by Gasteiger charge is -2.40. The molecule has 0 spiro atoms. The number of benzene rings is 2. The van der Waals surface area contributed by atoms with Crippen molar-refractivity contribution in [1.29, 1.82) is 0 Å². The van der Waals surface area contributed by atoms with Crippen molar-refractivity contribution in [3.05, 3.63) is 87.2 Å². The second kappa shape index (κ2) is 13.7. The second-order valence-electron chi connectivity index (χ2n) is 11.0. The van der Waals surface area contributed by atoms with Crippen LogP contribution in [0.5, 0.6) is 0 Å². The summed E-state index contributed by atoms with van der Waals surface area (Å²) in [5.41, 5.74) is 2.56. The van der Waals surface area contributed by atoms with E-state index in [1.54, 1.807) is 30.9 Å². The number of esters is 2. The van der Waals surface area contributed by atoms with Gasteiger partial charge in [0.25, 0.3) is 5.69 Å². The minimum absolute atomic E-state index is 0.0703. The zero-order valence-corrected chi connectivity index (χ0v) is 25.0. The number of methoxy groups -OCH3 is 2. The second-order valence-corrected chi connectivity index (χ2v) is 11.0. The van der Waals surface area contributed by atoms with Crippen molar-refractivity contribution in [1.82, 2.24) is 9.80 Å². The lowest BCUT2D eigenvalue weighted by atomic mass is 9.72. The average molecular weight is 591 g/mol. The zero-order chi connectivity index (χ0) is 31.1. The summed E-state index contributed by atoms with van der Waals surface area (Å²) < 4.78 is 10.3. The summed E-state index contributed by atoms with van der Waals surface area (Å²) >= 11 is 0. The molecule has 1 saturated heterocycles. The Kier molecular flexibility index (Phi) is 10.1. The Morgan fingerprint density at radius 1 is 1.07 bits per heavy atom. The van der Waals surface area contributed by atoms with Crippen LogP contribution in [-0.2, 0) is 29.3 Å². The number of allylic oxidation sites excluding steroid dienone is 2. The fraction of sp³-hybridized carbons (Fsp3) is 0.438. The number of ether oxygens (including phenoxy) is 2. The molecule has 1 fully saturated rings. The van der Waals surface area contributed by atoms with Gasteiger partial charge in [0, 0.05) is 30.3 Å². The van der Waals surface area contributed by atoms with Crippen LogP contribution in [0.15, 0.2) is 71.0 Å². The topological polar surface area (TPSA) is 132 Å². The molecule has 2 aliphatic heterocycles. The summed E-state index contributed by atoms with van der Waals surface area (Å²) in [5.74, 6) is -2.13. The molecular formula is C32H38N4O7. The SMILES string of the molecule is COC(=O)C1C(C)=NC(C)=C(N(C=O)CCCN2CCC(C(=O)OC)(c3ccccc3)CC2)C1c1ccc([N+](=O)[O-])cc1. The molecule has 11 heteroatoms. The molecule has 228 valence electrons. The third-order valence-electron chi connectivity index (χ3n) is 8.63. The van der Waals surface area contributed by atoms with Crippen LogP contribution >= 0.6 is 0 Å². The van der Waals surface area contributed by atoms with E-state index in [4.69, 9.17) is 9.47 Å². The van der Waals surface area contributed by atoms with Crippen LogP contribution in [0.3, 0.4) is 0 Å². The molecule has 0 N–H and O–H groups in total. The van der Waals surface area contributed by atoms with E-state index in [9.17, 15) is 24.5 Å². The number of amides is 1. The summed E-state index contributed by atoms with van der Waals surface area (Å²) in [6.45, 7) is 6.01. The summed E-state index contributed by atoms with van der Waals surface area (Å²) in [7, 11) is 2.73. The Labute approximate surface area is 251 Å². The van der Waals surface area contributed by atoms with E-state index in [2.05, 4.69) is 9.89 Å². The molecule has 2 aromatic rings. The molecule has 11 nitrogen and oxygen atoms in total. The lowest BCUT2D eigenvalue weighted by Crippen LogP contribution is -2.48. The third kappa shape index (κ3) is 6.51. The van der Waals surface area contributed by atoms with Crippen molar-refractivity contribution in [3.63, 3.8) is 0 Å². The number of piperidine rings is 1. The van der Waals surface area contributed by atoms with Gasteiger partial charge in [0.05, 0.1) is 36.0 Å². The molecule has 43 heavy (non-hydrogen) atoms. The van der Waals surface area contributed by atoms with E-state index in [-0.39, 0.29) is 11.7 Å². The minimum Gasteiger partial charge on any atom is -0.468 e. The fourth-order valence-electron chi connectivity index (χ4n) is 6.41. The summed E-state index contributed by atoms with van der Waals surface area (Å²) in [6, 6.07) is 15.8. The van der Waals surface area contributed by atoms with E-state index in [1.807, 2.05) is 30.3 Å². The van der Waals surface area contributed by atoms with Gasteiger partial charge in [0.1, 0.15) is 5.92 Å². The highest BCUT2D eigenvalue weighted by atomic mass is 16.6. The van der Waals surface area contributed by atoms with Gasteiger partial charge in [-0.05, 0) is 63.9 Å². The Hall–Kier alpha value is -4.38. The predicted octanol–water partition coefficient (Wildman–Crippen LogP) is 4.23. The number of nitro benzene ring substituents is 1. The molecular weight excluding hydrogens is 552 g/mol. The van der Waals surface area contributed by atoms with Crippen molar-refractivity contribution in [2.75, 3.05) is 40.4 Å². The van der Waals surface area contributed by atoms with E-state index in [0.717, 1.165) is 12.0 Å². The van der Waals surface area contributed by atoms with Crippen LogP contribution in [-0.4, -0.2) is 79.2 Å². The van der Waals surface area contributed by atoms with Gasteiger partial charge in [-0.3, -0.25) is 29.5 Å². The highest BCUT2D eigenvalue weighted by Crippen LogP contribution is 2.41. The molecule has 2 unspecified atom stereocenters. The number of nitro groups is 1. The van der Waals surface area contributed by atoms with Gasteiger partial charge >= 0.3 is 11.9 Å². The maximum Gasteiger partial charge on any atom is 0.316 e. The minimum atomic E-state index is -0.792. The molecule has 0 bridgehead atoms. The Bertz CT molecular complexity index is 1400. The molecule has 0 aromatic heterocycles. The van der Waals surface area contributed by atoms with Crippen molar-refractivity contribution < 1.29 is 28.8 Å². The van der Waals surface area contributed by atoms with Gasteiger partial charge in [-0.1, -0.05) is 42.5 Å². The first-order valence-electron chi connectivity index (χ1n) is 14.3. The standard InChI is InChI=1S/C32H38N4O7/c1-22-27(30(38)42-3)28(24-11-13-26(14-12-24)36(40)41)29(23(2)33-22)35(21-37)18-8-17-34-19-15-32(16-20-34,31(39)43-4)25-9-6-5-7-10-25/h5-7,9-14,21,27-28H,8,15-20H2,1-4H3. The van der Waals surface area contributed by atoms with Crippen LogP contribution < -0.4 is 0 Å². The van der Waals surface area contributed by atoms with Crippen molar-refractivity contribution in [3.8, 4) is 0 Å². The highest BCUT2D eigenvalue weighted by molar-refractivity contribution is 6.03. The van der Waals surface area contributed by atoms with Crippen LogP contribution in [0.1, 0.15) is 50.2 Å². The van der Waals surface area contributed by atoms with Gasteiger partial charge in [-0.2, -0.15) is 0 Å². The van der Waals surface area contributed by atoms with E-state index >= 15 is 0 Å². The fourth-order valence-corrected chi connectivity index (χ4v) is 6.41. The molecule has 2 aliphatic rings. The van der Waals surface area contributed by atoms with Crippen molar-refractivity contribution in [2.45, 2.75) is 44.4 Å². The van der Waals surface area contributed by atoms with Crippen molar-refractivity contribution in [2.24, 2.45) is 10.9 Å². The number of nitrogens with zero attached hydrogens (tertiary/aromatic N) is 4. The Balaban J connectivity index is 1.51. The smallest absolute Gasteiger partial charge is 0.316 e. The first-order chi connectivity index (χ1) is 20.7. The number of carbonyl (C=O) groups is 3. The maximum atomic E-state index is 13.0. The normalized spacial score (nSPS) is 20.1. The van der Waals surface area contributed by atoms with E-state index in [1.165, 1.54) is 26.4 Å². The van der Waals surface area contributed by atoms with E-state index in [0.29, 0.717) is 68.1 Å². The molecule has 0 aliphatic carbocycles. The quantitative estimate of drug-likeness (QED) is 0.164. The van der Waals surface area contributed by atoms with E-state index < -0.39 is 28.1 Å². The molecule has 2 heterocycles. The summed E-state index contributed by atoms with van der Waals surface area (Å²) in [6.07, 6.45) is 2.64. The number of aliphatic imine (C=N–C) groups is 1. The number of hydrogen-bond acceptors (Lipinski definition) is 9. The number of likely N-dealkylation sites (tertiary alicyclic amines) is 1. The summed E-state index contributed by atoms with van der Waals surface area (Å²) in [4.78, 5) is 57.6. The molecule has 2 aromatic carbocycles. The van der Waals surface area contributed by atoms with Crippen LogP contribution in [0.4, 0.5) is 5.69 Å². The predicted molar refractivity (Wildman–Crippen MR) is 160 cm³/mol. The molecule has 4 rings (SSSR count). The van der Waals surface area contributed by atoms with Crippen LogP contribution in [0, 0.1) is 16.0 Å². The number of carbonyl (C=O) groups excluding carboxylic acids is 3. The molecule has 1 amide bonds. The number of non-ortho nitro benzene ring substituents is 1.